The molecule has 4 heteroatoms. The summed E-state index contributed by atoms with van der Waals surface area (Å²) in [6, 6.07) is 5.27. The summed E-state index contributed by atoms with van der Waals surface area (Å²) in [5.74, 6) is 0.427. The van der Waals surface area contributed by atoms with E-state index in [0.717, 1.165) is 5.56 Å². The van der Waals surface area contributed by atoms with Gasteiger partial charge in [0.15, 0.2) is 0 Å². The largest absolute Gasteiger partial charge is 0.147 e. The highest BCUT2D eigenvalue weighted by molar-refractivity contribution is 6.35. The first-order valence-corrected chi connectivity index (χ1v) is 4.03. The van der Waals surface area contributed by atoms with Crippen LogP contribution in [0.3, 0.4) is 0 Å². The van der Waals surface area contributed by atoms with Gasteiger partial charge in [-0.2, -0.15) is 0 Å². The van der Waals surface area contributed by atoms with E-state index in [1.165, 1.54) is 0 Å². The van der Waals surface area contributed by atoms with Gasteiger partial charge in [-0.25, -0.2) is 0 Å². The van der Waals surface area contributed by atoms with E-state index in [9.17, 15) is 0 Å². The second kappa shape index (κ2) is 5.10. The number of alkyl halides is 1. The minimum atomic E-state index is 0. The summed E-state index contributed by atoms with van der Waals surface area (Å²) in [6.07, 6.45) is 0. The molecule has 0 heterocycles. The van der Waals surface area contributed by atoms with Crippen LogP contribution in [0.2, 0.25) is 10.0 Å². The van der Waals surface area contributed by atoms with Gasteiger partial charge in [0.05, 0.1) is 0 Å². The van der Waals surface area contributed by atoms with E-state index < -0.39 is 0 Å². The minimum Gasteiger partial charge on any atom is -0.147 e. The zero-order chi connectivity index (χ0) is 7.56. The maximum Gasteiger partial charge on any atom is 0.0488 e. The molecule has 0 bridgehead atoms. The molecule has 0 aliphatic carbocycles. The summed E-state index contributed by atoms with van der Waals surface area (Å²) < 4.78 is 0. The van der Waals surface area contributed by atoms with E-state index >= 15 is 0 Å². The Labute approximate surface area is 86.9 Å². The Morgan fingerprint density at radius 2 is 1.82 bits per heavy atom. The summed E-state index contributed by atoms with van der Waals surface area (Å²) in [7, 11) is 0. The Morgan fingerprint density at radius 1 is 1.18 bits per heavy atom. The standard InChI is InChI=1S/C7H5Cl3.ClH/c8-4-5-1-2-6(9)3-7(5)10;/h1-3H,4H2;1H. The number of halogens is 4. The molecule has 1 aromatic carbocycles. The molecule has 0 amide bonds. The normalized spacial score (nSPS) is 9.00. The van der Waals surface area contributed by atoms with Crippen LogP contribution in [-0.4, -0.2) is 0 Å². The summed E-state index contributed by atoms with van der Waals surface area (Å²) in [6.45, 7) is 0. The third-order valence-corrected chi connectivity index (χ3v) is 2.03. The van der Waals surface area contributed by atoms with Crippen molar-refractivity contribution in [2.75, 3.05) is 0 Å². The van der Waals surface area contributed by atoms with E-state index in [1.54, 1.807) is 12.1 Å². The van der Waals surface area contributed by atoms with Crippen molar-refractivity contribution >= 4 is 47.2 Å². The monoisotopic (exact) mass is 230 g/mol. The first-order chi connectivity index (χ1) is 4.74. The van der Waals surface area contributed by atoms with Crippen molar-refractivity contribution in [1.29, 1.82) is 0 Å². The predicted molar refractivity (Wildman–Crippen MR) is 53.3 cm³/mol. The van der Waals surface area contributed by atoms with Crippen molar-refractivity contribution < 1.29 is 0 Å². The maximum atomic E-state index is 5.76. The van der Waals surface area contributed by atoms with Crippen molar-refractivity contribution in [2.24, 2.45) is 0 Å². The molecule has 0 nitrogen and oxygen atoms in total. The lowest BCUT2D eigenvalue weighted by Crippen LogP contribution is -1.77. The summed E-state index contributed by atoms with van der Waals surface area (Å²) in [5.41, 5.74) is 0.910. The fourth-order valence-electron chi connectivity index (χ4n) is 0.630. The second-order valence-corrected chi connectivity index (χ2v) is 2.98. The van der Waals surface area contributed by atoms with Crippen molar-refractivity contribution in [3.05, 3.63) is 33.8 Å². The molecule has 0 saturated carbocycles. The average Bonchev–Trinajstić information content (AvgIpc) is 1.88. The van der Waals surface area contributed by atoms with Crippen LogP contribution in [0.5, 0.6) is 0 Å². The molecule has 11 heavy (non-hydrogen) atoms. The molecule has 0 spiro atoms. The molecule has 0 aliphatic rings. The van der Waals surface area contributed by atoms with Crippen molar-refractivity contribution in [3.63, 3.8) is 0 Å². The van der Waals surface area contributed by atoms with Crippen LogP contribution < -0.4 is 0 Å². The Bertz CT molecular complexity index is 234. The Kier molecular flexibility index (Phi) is 5.28. The highest BCUT2D eigenvalue weighted by atomic mass is 35.5. The molecular formula is C7H6Cl4. The molecule has 1 aromatic rings. The first-order valence-electron chi connectivity index (χ1n) is 2.74. The van der Waals surface area contributed by atoms with Crippen LogP contribution in [-0.2, 0) is 5.88 Å². The molecule has 0 radical (unpaired) electrons. The fraction of sp³-hybridized carbons (Fsp3) is 0.143. The number of hydrogen-bond donors (Lipinski definition) is 0. The molecule has 0 N–H and O–H groups in total. The number of rotatable bonds is 1. The van der Waals surface area contributed by atoms with Crippen LogP contribution in [0.1, 0.15) is 5.56 Å². The minimum absolute atomic E-state index is 0. The van der Waals surface area contributed by atoms with Gasteiger partial charge in [-0.1, -0.05) is 29.3 Å². The molecule has 62 valence electrons. The lowest BCUT2D eigenvalue weighted by molar-refractivity contribution is 1.40. The van der Waals surface area contributed by atoms with Gasteiger partial charge in [0.2, 0.25) is 0 Å². The quantitative estimate of drug-likeness (QED) is 0.637. The lowest BCUT2D eigenvalue weighted by atomic mass is 10.2. The average molecular weight is 232 g/mol. The van der Waals surface area contributed by atoms with Gasteiger partial charge in [0.25, 0.3) is 0 Å². The van der Waals surface area contributed by atoms with E-state index in [0.29, 0.717) is 15.9 Å². The van der Waals surface area contributed by atoms with E-state index in [1.807, 2.05) is 6.07 Å². The van der Waals surface area contributed by atoms with Gasteiger partial charge < -0.3 is 0 Å². The number of hydrogen-bond acceptors (Lipinski definition) is 0. The molecule has 0 fully saturated rings. The fourth-order valence-corrected chi connectivity index (χ4v) is 1.41. The van der Waals surface area contributed by atoms with Crippen LogP contribution in [0.4, 0.5) is 0 Å². The van der Waals surface area contributed by atoms with Gasteiger partial charge in [-0.15, -0.1) is 24.0 Å². The highest BCUT2D eigenvalue weighted by Crippen LogP contribution is 2.21. The van der Waals surface area contributed by atoms with Gasteiger partial charge in [-0.05, 0) is 17.7 Å². The second-order valence-electron chi connectivity index (χ2n) is 1.87. The van der Waals surface area contributed by atoms with Crippen LogP contribution in [0.15, 0.2) is 18.2 Å². The summed E-state index contributed by atoms with van der Waals surface area (Å²) >= 11 is 17.0. The van der Waals surface area contributed by atoms with E-state index in [2.05, 4.69) is 0 Å². The molecule has 0 atom stereocenters. The van der Waals surface area contributed by atoms with Gasteiger partial charge in [0, 0.05) is 15.9 Å². The Morgan fingerprint density at radius 3 is 2.27 bits per heavy atom. The predicted octanol–water partition coefficient (Wildman–Crippen LogP) is 4.15. The van der Waals surface area contributed by atoms with E-state index in [4.69, 9.17) is 34.8 Å². The third-order valence-electron chi connectivity index (χ3n) is 1.16. The molecular weight excluding hydrogens is 226 g/mol. The molecule has 1 rings (SSSR count). The molecule has 0 unspecified atom stereocenters. The van der Waals surface area contributed by atoms with E-state index in [-0.39, 0.29) is 12.4 Å². The molecule has 0 aliphatic heterocycles. The summed E-state index contributed by atoms with van der Waals surface area (Å²) in [4.78, 5) is 0. The molecule has 0 aromatic heterocycles. The van der Waals surface area contributed by atoms with Crippen molar-refractivity contribution in [3.8, 4) is 0 Å². The van der Waals surface area contributed by atoms with Gasteiger partial charge in [0.1, 0.15) is 0 Å². The van der Waals surface area contributed by atoms with Gasteiger partial charge in [-0.3, -0.25) is 0 Å². The zero-order valence-electron chi connectivity index (χ0n) is 5.48. The Hall–Kier alpha value is 0.380. The lowest BCUT2D eigenvalue weighted by Gasteiger charge is -1.97. The first kappa shape index (κ1) is 11.4. The highest BCUT2D eigenvalue weighted by Gasteiger charge is 1.97. The summed E-state index contributed by atoms with van der Waals surface area (Å²) in [5, 5.41) is 1.27. The zero-order valence-corrected chi connectivity index (χ0v) is 8.57. The van der Waals surface area contributed by atoms with Crippen molar-refractivity contribution in [1.82, 2.24) is 0 Å². The topological polar surface area (TPSA) is 0 Å². The maximum absolute atomic E-state index is 5.76. The third kappa shape index (κ3) is 3.08. The van der Waals surface area contributed by atoms with Crippen molar-refractivity contribution in [2.45, 2.75) is 5.88 Å². The SMILES string of the molecule is Cl.ClCc1ccc(Cl)cc1Cl. The van der Waals surface area contributed by atoms with Crippen LogP contribution in [0.25, 0.3) is 0 Å². The Balaban J connectivity index is 0.000001000. The smallest absolute Gasteiger partial charge is 0.0488 e. The number of benzene rings is 1. The van der Waals surface area contributed by atoms with Crippen LogP contribution >= 0.6 is 47.2 Å². The van der Waals surface area contributed by atoms with Crippen LogP contribution in [0, 0.1) is 0 Å². The van der Waals surface area contributed by atoms with Gasteiger partial charge >= 0.3 is 0 Å². The molecule has 0 saturated heterocycles.